The van der Waals surface area contributed by atoms with Gasteiger partial charge in [-0.2, -0.15) is 0 Å². The van der Waals surface area contributed by atoms with Crippen LogP contribution in [0.2, 0.25) is 5.15 Å². The highest BCUT2D eigenvalue weighted by Gasteiger charge is 2.35. The van der Waals surface area contributed by atoms with Gasteiger partial charge in [-0.1, -0.05) is 17.7 Å². The smallest absolute Gasteiger partial charge is 0.414 e. The number of carbonyl (C=O) groups excluding carboxylic acids is 1. The van der Waals surface area contributed by atoms with E-state index in [0.29, 0.717) is 43.8 Å². The van der Waals surface area contributed by atoms with Crippen molar-refractivity contribution in [1.29, 1.82) is 0 Å². The fraction of sp³-hybridized carbons (Fsp3) is 0.500. The summed E-state index contributed by atoms with van der Waals surface area (Å²) in [5.74, 6) is -0.810. The second kappa shape index (κ2) is 12.2. The lowest BCUT2D eigenvalue weighted by atomic mass is 10.2. The molecule has 2 aliphatic heterocycles. The third-order valence-corrected chi connectivity index (χ3v) is 7.83. The number of ether oxygens (including phenoxy) is 2. The Morgan fingerprint density at radius 2 is 1.92 bits per heavy atom. The number of cyclic esters (lactones) is 1. The summed E-state index contributed by atoms with van der Waals surface area (Å²) >= 11 is 11.3. The van der Waals surface area contributed by atoms with Gasteiger partial charge >= 0.3 is 6.09 Å². The van der Waals surface area contributed by atoms with E-state index in [4.69, 9.17) is 33.3 Å². The van der Waals surface area contributed by atoms with E-state index in [1.54, 1.807) is 11.1 Å². The monoisotopic (exact) mass is 580 g/mol. The molecule has 39 heavy (non-hydrogen) atoms. The Labute approximate surface area is 236 Å². The highest BCUT2D eigenvalue weighted by molar-refractivity contribution is 7.80. The molecule has 1 N–H and O–H groups in total. The summed E-state index contributed by atoms with van der Waals surface area (Å²) in [6.45, 7) is 3.88. The van der Waals surface area contributed by atoms with Gasteiger partial charge in [0.1, 0.15) is 16.9 Å². The Morgan fingerprint density at radius 1 is 1.21 bits per heavy atom. The van der Waals surface area contributed by atoms with Gasteiger partial charge in [0, 0.05) is 63.2 Å². The zero-order chi connectivity index (χ0) is 27.5. The van der Waals surface area contributed by atoms with Crippen molar-refractivity contribution in [3.8, 4) is 0 Å². The van der Waals surface area contributed by atoms with Crippen LogP contribution in [0, 0.1) is 17.6 Å². The molecule has 3 aliphatic rings. The molecule has 9 nitrogen and oxygen atoms in total. The van der Waals surface area contributed by atoms with E-state index in [1.165, 1.54) is 37.0 Å². The normalized spacial score (nSPS) is 20.6. The molecule has 3 heterocycles. The number of hydrogen-bond acceptors (Lipinski definition) is 8. The Kier molecular flexibility index (Phi) is 8.65. The molecule has 2 aromatic rings. The summed E-state index contributed by atoms with van der Waals surface area (Å²) in [5, 5.41) is 7.92. The van der Waals surface area contributed by atoms with Gasteiger partial charge in [0.15, 0.2) is 11.6 Å². The zero-order valence-corrected chi connectivity index (χ0v) is 23.2. The molecule has 2 saturated heterocycles. The van der Waals surface area contributed by atoms with Crippen LogP contribution in [0.25, 0.3) is 0 Å². The number of aromatic nitrogens is 1. The van der Waals surface area contributed by atoms with Gasteiger partial charge in [0.25, 0.3) is 5.17 Å². The zero-order valence-electron chi connectivity index (χ0n) is 21.6. The van der Waals surface area contributed by atoms with Gasteiger partial charge in [0.05, 0.1) is 25.9 Å². The molecule has 13 heteroatoms. The summed E-state index contributed by atoms with van der Waals surface area (Å²) < 4.78 is 41.1. The molecule has 0 spiro atoms. The van der Waals surface area contributed by atoms with Crippen molar-refractivity contribution >= 4 is 46.5 Å². The molecule has 0 radical (unpaired) electrons. The highest BCUT2D eigenvalue weighted by Crippen LogP contribution is 2.33. The Hall–Kier alpha value is -2.80. The molecule has 1 aromatic heterocycles. The van der Waals surface area contributed by atoms with Crippen molar-refractivity contribution < 1.29 is 23.0 Å². The first-order valence-corrected chi connectivity index (χ1v) is 13.7. The first kappa shape index (κ1) is 27.8. The maximum Gasteiger partial charge on any atom is 0.414 e. The van der Waals surface area contributed by atoms with Crippen LogP contribution >= 0.6 is 23.8 Å². The number of methoxy groups -OCH3 is 1. The second-order valence-electron chi connectivity index (χ2n) is 9.93. The number of pyridine rings is 1. The third-order valence-electron chi connectivity index (χ3n) is 7.17. The average Bonchev–Trinajstić information content (AvgIpc) is 3.69. The number of benzene rings is 1. The molecule has 1 aliphatic carbocycles. The van der Waals surface area contributed by atoms with E-state index in [2.05, 4.69) is 20.3 Å². The van der Waals surface area contributed by atoms with Crippen molar-refractivity contribution in [1.82, 2.24) is 20.3 Å². The van der Waals surface area contributed by atoms with Crippen LogP contribution in [0.3, 0.4) is 0 Å². The molecule has 210 valence electrons. The quantitative estimate of drug-likeness (QED) is 0.371. The number of halogens is 3. The number of amides is 1. The lowest BCUT2D eigenvalue weighted by Gasteiger charge is -2.33. The van der Waals surface area contributed by atoms with Gasteiger partial charge in [-0.25, -0.2) is 28.6 Å². The molecule has 1 aromatic carbocycles. The Bertz CT molecular complexity index is 1200. The first-order chi connectivity index (χ1) is 18.8. The predicted molar refractivity (Wildman–Crippen MR) is 148 cm³/mol. The van der Waals surface area contributed by atoms with E-state index in [9.17, 15) is 4.79 Å². The summed E-state index contributed by atoms with van der Waals surface area (Å²) in [7, 11) is 1.43. The SMILES string of the molecule is COC(=S)NC[C@H]1CN(c2cc(F)c(N3CCN(Cc4cccnc4Cl)N(CC4CC4)CC3)c(F)c2)C(=O)O1. The van der Waals surface area contributed by atoms with Crippen molar-refractivity contribution in [2.24, 2.45) is 5.92 Å². The van der Waals surface area contributed by atoms with Crippen LogP contribution in [-0.4, -0.2) is 85.3 Å². The van der Waals surface area contributed by atoms with Gasteiger partial charge in [-0.15, -0.1) is 0 Å². The van der Waals surface area contributed by atoms with Gasteiger partial charge in [0.2, 0.25) is 0 Å². The van der Waals surface area contributed by atoms with Crippen molar-refractivity contribution in [3.05, 3.63) is 52.8 Å². The van der Waals surface area contributed by atoms with E-state index < -0.39 is 23.8 Å². The maximum atomic E-state index is 15.5. The van der Waals surface area contributed by atoms with Crippen LogP contribution in [0.1, 0.15) is 18.4 Å². The molecule has 0 unspecified atom stereocenters. The van der Waals surface area contributed by atoms with Crippen LogP contribution in [0.5, 0.6) is 0 Å². The van der Waals surface area contributed by atoms with Crippen molar-refractivity contribution in [2.75, 3.05) is 62.7 Å². The number of carbonyl (C=O) groups is 1. The summed E-state index contributed by atoms with van der Waals surface area (Å²) in [6, 6.07) is 6.18. The highest BCUT2D eigenvalue weighted by atomic mass is 35.5. The maximum absolute atomic E-state index is 15.5. The van der Waals surface area contributed by atoms with Crippen LogP contribution < -0.4 is 15.1 Å². The standard InChI is InChI=1S/C26H31ClF2N6O3S/c1-37-25(39)31-13-20-16-35(26(36)38-20)19-11-21(28)23(22(29)12-19)32-7-9-33(14-17-4-5-17)34(10-8-32)15-18-3-2-6-30-24(18)27/h2-3,6,11-12,17,20H,4-5,7-10,13-16H2,1H3,(H,31,39)/t20-/m0/s1. The summed E-state index contributed by atoms with van der Waals surface area (Å²) in [5.41, 5.74) is 0.918. The number of thiocarbonyl (C=S) groups is 1. The van der Waals surface area contributed by atoms with E-state index >= 15 is 8.78 Å². The minimum atomic E-state index is -0.725. The van der Waals surface area contributed by atoms with Gasteiger partial charge in [-0.3, -0.25) is 4.90 Å². The molecule has 1 atom stereocenters. The van der Waals surface area contributed by atoms with E-state index in [-0.39, 0.29) is 29.6 Å². The molecule has 1 amide bonds. The number of anilines is 2. The Balaban J connectivity index is 1.29. The van der Waals surface area contributed by atoms with Crippen molar-refractivity contribution in [2.45, 2.75) is 25.5 Å². The number of rotatable bonds is 8. The Morgan fingerprint density at radius 3 is 2.59 bits per heavy atom. The number of nitrogens with one attached hydrogen (secondary N) is 1. The van der Waals surface area contributed by atoms with E-state index in [1.807, 2.05) is 12.1 Å². The molecular formula is C26H31ClF2N6O3S. The number of hydrazine groups is 1. The third kappa shape index (κ3) is 6.68. The van der Waals surface area contributed by atoms with Gasteiger partial charge < -0.3 is 19.7 Å². The first-order valence-electron chi connectivity index (χ1n) is 13.0. The average molecular weight is 581 g/mol. The molecule has 0 bridgehead atoms. The topological polar surface area (TPSA) is 73.4 Å². The molecule has 1 saturated carbocycles. The summed E-state index contributed by atoms with van der Waals surface area (Å²) in [6.07, 6.45) is 2.83. The number of nitrogens with zero attached hydrogens (tertiary/aromatic N) is 5. The molecule has 3 fully saturated rings. The largest absolute Gasteiger partial charge is 0.474 e. The lowest BCUT2D eigenvalue weighted by molar-refractivity contribution is -0.0239. The van der Waals surface area contributed by atoms with Crippen LogP contribution in [0.15, 0.2) is 30.5 Å². The van der Waals surface area contributed by atoms with Crippen molar-refractivity contribution in [3.63, 3.8) is 0 Å². The van der Waals surface area contributed by atoms with E-state index in [0.717, 1.165) is 12.1 Å². The lowest BCUT2D eigenvalue weighted by Crippen LogP contribution is -2.44. The summed E-state index contributed by atoms with van der Waals surface area (Å²) in [4.78, 5) is 19.6. The van der Waals surface area contributed by atoms with Crippen LogP contribution in [-0.2, 0) is 16.0 Å². The van der Waals surface area contributed by atoms with Gasteiger partial charge in [-0.05, 0) is 37.0 Å². The minimum absolute atomic E-state index is 0.0948. The second-order valence-corrected chi connectivity index (χ2v) is 10.7. The number of hydrogen-bond donors (Lipinski definition) is 1. The fourth-order valence-electron chi connectivity index (χ4n) is 4.93. The predicted octanol–water partition coefficient (Wildman–Crippen LogP) is 3.81. The minimum Gasteiger partial charge on any atom is -0.474 e. The van der Waals surface area contributed by atoms with Crippen LogP contribution in [0.4, 0.5) is 25.0 Å². The fourth-order valence-corrected chi connectivity index (χ4v) is 5.19. The molecular weight excluding hydrogens is 550 g/mol. The molecule has 5 rings (SSSR count).